The molecule has 1 amide bonds. The Bertz CT molecular complexity index is 494. The maximum absolute atomic E-state index is 12.4. The molecule has 0 bridgehead atoms. The largest absolute Gasteiger partial charge is 0.480 e. The van der Waals surface area contributed by atoms with Crippen molar-refractivity contribution in [3.63, 3.8) is 0 Å². The second-order valence-electron chi connectivity index (χ2n) is 5.78. The fourth-order valence-electron chi connectivity index (χ4n) is 2.93. The number of hydrogen-bond donors (Lipinski definition) is 0. The highest BCUT2D eigenvalue weighted by Gasteiger charge is 2.26. The Morgan fingerprint density at radius 1 is 1.32 bits per heavy atom. The first kappa shape index (κ1) is 15.2. The summed E-state index contributed by atoms with van der Waals surface area (Å²) in [6.45, 7) is 6.13. The summed E-state index contributed by atoms with van der Waals surface area (Å²) in [5.41, 5.74) is 0.374. The van der Waals surface area contributed by atoms with E-state index in [1.54, 1.807) is 12.1 Å². The van der Waals surface area contributed by atoms with Crippen LogP contribution in [0.4, 0.5) is 0 Å². The molecule has 0 N–H and O–H groups in total. The Morgan fingerprint density at radius 3 is 2.73 bits per heavy atom. The molecule has 0 aromatic carbocycles. The zero-order valence-corrected chi connectivity index (χ0v) is 12.9. The number of hydrogen-bond acceptors (Lipinski definition) is 6. The third kappa shape index (κ3) is 3.53. The highest BCUT2D eigenvalue weighted by molar-refractivity contribution is 5.92. The second-order valence-corrected chi connectivity index (χ2v) is 5.78. The molecule has 0 saturated carbocycles. The van der Waals surface area contributed by atoms with E-state index in [1.807, 2.05) is 4.90 Å². The van der Waals surface area contributed by atoms with Crippen LogP contribution >= 0.6 is 0 Å². The molecule has 3 heterocycles. The van der Waals surface area contributed by atoms with Crippen LogP contribution < -0.4 is 4.74 Å². The predicted octanol–water partition coefficient (Wildman–Crippen LogP) is 0.280. The molecule has 0 radical (unpaired) electrons. The maximum Gasteiger partial charge on any atom is 0.274 e. The van der Waals surface area contributed by atoms with Crippen molar-refractivity contribution >= 4 is 5.91 Å². The lowest BCUT2D eigenvalue weighted by Gasteiger charge is -2.35. The maximum atomic E-state index is 12.4. The van der Waals surface area contributed by atoms with Crippen molar-refractivity contribution in [2.24, 2.45) is 5.92 Å². The first-order chi connectivity index (χ1) is 10.8. The smallest absolute Gasteiger partial charge is 0.274 e. The van der Waals surface area contributed by atoms with Crippen LogP contribution in [0.3, 0.4) is 0 Å². The number of aromatic nitrogens is 2. The molecule has 3 rings (SSSR count). The van der Waals surface area contributed by atoms with Gasteiger partial charge in [-0.3, -0.25) is 9.69 Å². The molecule has 2 aliphatic rings. The summed E-state index contributed by atoms with van der Waals surface area (Å²) in [6, 6.07) is 3.33. The van der Waals surface area contributed by atoms with E-state index in [1.165, 1.54) is 7.11 Å². The quantitative estimate of drug-likeness (QED) is 0.796. The lowest BCUT2D eigenvalue weighted by molar-refractivity contribution is 0.0604. The molecule has 22 heavy (non-hydrogen) atoms. The van der Waals surface area contributed by atoms with Crippen LogP contribution in [0.2, 0.25) is 0 Å². The lowest BCUT2D eigenvalue weighted by atomic mass is 10.1. The number of methoxy groups -OCH3 is 1. The molecule has 2 fully saturated rings. The van der Waals surface area contributed by atoms with E-state index in [9.17, 15) is 4.79 Å². The first-order valence-corrected chi connectivity index (χ1v) is 7.73. The van der Waals surface area contributed by atoms with Crippen molar-refractivity contribution < 1.29 is 14.3 Å². The Morgan fingerprint density at radius 2 is 2.14 bits per heavy atom. The standard InChI is InChI=1S/C15H22N4O3/c1-21-14-3-2-13(16-17-14)15(20)19-7-5-18(6-8-19)10-12-4-9-22-11-12/h2-3,12H,4-11H2,1H3. The lowest BCUT2D eigenvalue weighted by Crippen LogP contribution is -2.50. The highest BCUT2D eigenvalue weighted by Crippen LogP contribution is 2.16. The van der Waals surface area contributed by atoms with Crippen LogP contribution in [0.5, 0.6) is 5.88 Å². The number of rotatable bonds is 4. The normalized spacial score (nSPS) is 22.8. The van der Waals surface area contributed by atoms with Gasteiger partial charge in [-0.15, -0.1) is 10.2 Å². The monoisotopic (exact) mass is 306 g/mol. The van der Waals surface area contributed by atoms with Gasteiger partial charge in [-0.25, -0.2) is 0 Å². The van der Waals surface area contributed by atoms with Gasteiger partial charge in [0, 0.05) is 45.4 Å². The van der Waals surface area contributed by atoms with E-state index in [2.05, 4.69) is 15.1 Å². The summed E-state index contributed by atoms with van der Waals surface area (Å²) in [7, 11) is 1.53. The molecule has 7 nitrogen and oxygen atoms in total. The van der Waals surface area contributed by atoms with Crippen molar-refractivity contribution in [1.82, 2.24) is 20.0 Å². The Kier molecular flexibility index (Phi) is 4.84. The summed E-state index contributed by atoms with van der Waals surface area (Å²) >= 11 is 0. The number of piperazine rings is 1. The summed E-state index contributed by atoms with van der Waals surface area (Å²) in [4.78, 5) is 16.7. The van der Waals surface area contributed by atoms with Gasteiger partial charge < -0.3 is 14.4 Å². The van der Waals surface area contributed by atoms with Crippen molar-refractivity contribution in [3.05, 3.63) is 17.8 Å². The van der Waals surface area contributed by atoms with Crippen LogP contribution in [0, 0.1) is 5.92 Å². The predicted molar refractivity (Wildman–Crippen MR) is 79.9 cm³/mol. The molecule has 0 spiro atoms. The van der Waals surface area contributed by atoms with Crippen molar-refractivity contribution in [2.45, 2.75) is 6.42 Å². The molecule has 1 unspecified atom stereocenters. The fourth-order valence-corrected chi connectivity index (χ4v) is 2.93. The molecule has 0 aliphatic carbocycles. The van der Waals surface area contributed by atoms with Gasteiger partial charge in [0.15, 0.2) is 5.69 Å². The number of carbonyl (C=O) groups is 1. The number of ether oxygens (including phenoxy) is 2. The van der Waals surface area contributed by atoms with Crippen LogP contribution in [0.25, 0.3) is 0 Å². The summed E-state index contributed by atoms with van der Waals surface area (Å²) < 4.78 is 10.4. The molecule has 2 aliphatic heterocycles. The topological polar surface area (TPSA) is 67.8 Å². The van der Waals surface area contributed by atoms with Crippen molar-refractivity contribution in [1.29, 1.82) is 0 Å². The van der Waals surface area contributed by atoms with Gasteiger partial charge in [-0.05, 0) is 18.4 Å². The van der Waals surface area contributed by atoms with Crippen LogP contribution in [-0.4, -0.2) is 79.0 Å². The number of amides is 1. The third-order valence-corrected chi connectivity index (χ3v) is 4.27. The molecule has 2 saturated heterocycles. The van der Waals surface area contributed by atoms with E-state index >= 15 is 0 Å². The van der Waals surface area contributed by atoms with Crippen molar-refractivity contribution in [2.75, 3.05) is 53.0 Å². The Hall–Kier alpha value is -1.73. The molecule has 120 valence electrons. The molecule has 7 heteroatoms. The van der Waals surface area contributed by atoms with Crippen LogP contribution in [0.15, 0.2) is 12.1 Å². The summed E-state index contributed by atoms with van der Waals surface area (Å²) in [5, 5.41) is 7.78. The summed E-state index contributed by atoms with van der Waals surface area (Å²) in [5.74, 6) is 1.01. The van der Waals surface area contributed by atoms with Crippen molar-refractivity contribution in [3.8, 4) is 5.88 Å². The van der Waals surface area contributed by atoms with Gasteiger partial charge in [0.25, 0.3) is 5.91 Å². The van der Waals surface area contributed by atoms with Crippen LogP contribution in [0.1, 0.15) is 16.9 Å². The minimum Gasteiger partial charge on any atom is -0.480 e. The average molecular weight is 306 g/mol. The number of nitrogens with zero attached hydrogens (tertiary/aromatic N) is 4. The summed E-state index contributed by atoms with van der Waals surface area (Å²) in [6.07, 6.45) is 1.15. The Labute approximate surface area is 130 Å². The van der Waals surface area contributed by atoms with Gasteiger partial charge in [-0.1, -0.05) is 0 Å². The molecule has 1 atom stereocenters. The average Bonchev–Trinajstić information content (AvgIpc) is 3.08. The number of carbonyl (C=O) groups excluding carboxylic acids is 1. The highest BCUT2D eigenvalue weighted by atomic mass is 16.5. The molecule has 1 aromatic rings. The van der Waals surface area contributed by atoms with E-state index < -0.39 is 0 Å². The van der Waals surface area contributed by atoms with E-state index in [-0.39, 0.29) is 5.91 Å². The minimum absolute atomic E-state index is 0.0565. The van der Waals surface area contributed by atoms with Gasteiger partial charge in [0.1, 0.15) is 0 Å². The molecular weight excluding hydrogens is 284 g/mol. The van der Waals surface area contributed by atoms with Gasteiger partial charge >= 0.3 is 0 Å². The SMILES string of the molecule is COc1ccc(C(=O)N2CCN(CC3CCOC3)CC2)nn1. The second kappa shape index (κ2) is 7.02. The van der Waals surface area contributed by atoms with Gasteiger partial charge in [-0.2, -0.15) is 0 Å². The van der Waals surface area contributed by atoms with Gasteiger partial charge in [0.2, 0.25) is 5.88 Å². The zero-order chi connectivity index (χ0) is 15.4. The van der Waals surface area contributed by atoms with E-state index in [0.29, 0.717) is 17.5 Å². The van der Waals surface area contributed by atoms with Gasteiger partial charge in [0.05, 0.1) is 13.7 Å². The zero-order valence-electron chi connectivity index (χ0n) is 12.9. The fraction of sp³-hybridized carbons (Fsp3) is 0.667. The molecule has 1 aromatic heterocycles. The van der Waals surface area contributed by atoms with E-state index in [0.717, 1.165) is 52.4 Å². The molecular formula is C15H22N4O3. The first-order valence-electron chi connectivity index (χ1n) is 7.73. The minimum atomic E-state index is -0.0565. The third-order valence-electron chi connectivity index (χ3n) is 4.27. The Balaban J connectivity index is 1.50. The van der Waals surface area contributed by atoms with E-state index in [4.69, 9.17) is 9.47 Å². The van der Waals surface area contributed by atoms with Crippen LogP contribution in [-0.2, 0) is 4.74 Å².